The summed E-state index contributed by atoms with van der Waals surface area (Å²) >= 11 is 0. The molecule has 2 rings (SSSR count). The van der Waals surface area contributed by atoms with Crippen LogP contribution in [0.3, 0.4) is 0 Å². The van der Waals surface area contributed by atoms with Crippen LogP contribution < -0.4 is 10.6 Å². The summed E-state index contributed by atoms with van der Waals surface area (Å²) in [7, 11) is 2.42. The third kappa shape index (κ3) is 5.43. The van der Waals surface area contributed by atoms with Crippen LogP contribution in [0.1, 0.15) is 15.9 Å². The number of nitrogens with one attached hydrogen (secondary N) is 2. The molecule has 0 radical (unpaired) electrons. The average molecular weight is 368 g/mol. The fraction of sp³-hybridized carbons (Fsp3) is 0.150. The molecule has 0 heterocycles. The fourth-order valence-corrected chi connectivity index (χ4v) is 2.25. The van der Waals surface area contributed by atoms with E-state index in [-0.39, 0.29) is 11.6 Å². The SMILES string of the molecule is COC(=O)/C=C(/Nc1ccc(NC(=O)c2ccccc2)c(C)c1)C(=O)OC. The van der Waals surface area contributed by atoms with E-state index >= 15 is 0 Å². The zero-order valence-corrected chi connectivity index (χ0v) is 15.2. The lowest BCUT2D eigenvalue weighted by atomic mass is 10.1. The van der Waals surface area contributed by atoms with Crippen molar-refractivity contribution in [2.45, 2.75) is 6.92 Å². The minimum Gasteiger partial charge on any atom is -0.466 e. The molecule has 2 aromatic rings. The van der Waals surface area contributed by atoms with Crippen molar-refractivity contribution in [2.24, 2.45) is 0 Å². The molecule has 0 aromatic heterocycles. The lowest BCUT2D eigenvalue weighted by Crippen LogP contribution is -2.16. The first-order chi connectivity index (χ1) is 12.9. The zero-order chi connectivity index (χ0) is 19.8. The smallest absolute Gasteiger partial charge is 0.354 e. The number of hydrogen-bond donors (Lipinski definition) is 2. The Morgan fingerprint density at radius 3 is 2.22 bits per heavy atom. The summed E-state index contributed by atoms with van der Waals surface area (Å²) in [6.07, 6.45) is 1.01. The van der Waals surface area contributed by atoms with Crippen molar-refractivity contribution in [1.82, 2.24) is 0 Å². The van der Waals surface area contributed by atoms with Gasteiger partial charge in [-0.15, -0.1) is 0 Å². The maximum Gasteiger partial charge on any atom is 0.354 e. The Kier molecular flexibility index (Phi) is 6.71. The van der Waals surface area contributed by atoms with Gasteiger partial charge in [-0.05, 0) is 42.8 Å². The molecule has 140 valence electrons. The van der Waals surface area contributed by atoms with Gasteiger partial charge in [0.05, 0.1) is 20.3 Å². The molecule has 0 unspecified atom stereocenters. The second-order valence-corrected chi connectivity index (χ2v) is 5.55. The third-order valence-corrected chi connectivity index (χ3v) is 3.66. The molecule has 0 saturated carbocycles. The second kappa shape index (κ2) is 9.19. The summed E-state index contributed by atoms with van der Waals surface area (Å²) in [6, 6.07) is 14.0. The van der Waals surface area contributed by atoms with Gasteiger partial charge in [0, 0.05) is 16.9 Å². The standard InChI is InChI=1S/C20H20N2O5/c1-13-11-15(21-17(20(25)27-3)12-18(23)26-2)9-10-16(13)22-19(24)14-7-5-4-6-8-14/h4-12,21H,1-3H3,(H,22,24)/b17-12+. The van der Waals surface area contributed by atoms with E-state index < -0.39 is 11.9 Å². The molecule has 27 heavy (non-hydrogen) atoms. The van der Waals surface area contributed by atoms with Gasteiger partial charge < -0.3 is 20.1 Å². The van der Waals surface area contributed by atoms with Crippen LogP contribution in [0.5, 0.6) is 0 Å². The summed E-state index contributed by atoms with van der Waals surface area (Å²) in [5, 5.41) is 5.66. The first kappa shape index (κ1) is 19.7. The molecule has 0 aliphatic rings. The number of esters is 2. The Morgan fingerprint density at radius 1 is 0.926 bits per heavy atom. The van der Waals surface area contributed by atoms with Crippen LogP contribution in [0, 0.1) is 6.92 Å². The summed E-state index contributed by atoms with van der Waals surface area (Å²) < 4.78 is 9.18. The van der Waals surface area contributed by atoms with Crippen LogP contribution in [-0.2, 0) is 19.1 Å². The van der Waals surface area contributed by atoms with E-state index in [0.717, 1.165) is 11.6 Å². The molecular weight excluding hydrogens is 348 g/mol. The molecule has 0 aliphatic heterocycles. The molecule has 2 N–H and O–H groups in total. The van der Waals surface area contributed by atoms with Crippen molar-refractivity contribution in [3.8, 4) is 0 Å². The van der Waals surface area contributed by atoms with Gasteiger partial charge in [-0.1, -0.05) is 18.2 Å². The molecule has 7 heteroatoms. The number of carbonyl (C=O) groups excluding carboxylic acids is 3. The Balaban J connectivity index is 2.17. The van der Waals surface area contributed by atoms with Gasteiger partial charge in [-0.3, -0.25) is 4.79 Å². The lowest BCUT2D eigenvalue weighted by molar-refractivity contribution is -0.138. The number of anilines is 2. The molecular formula is C20H20N2O5. The van der Waals surface area contributed by atoms with Gasteiger partial charge in [0.25, 0.3) is 5.91 Å². The number of hydrogen-bond acceptors (Lipinski definition) is 6. The van der Waals surface area contributed by atoms with Gasteiger partial charge in [-0.2, -0.15) is 0 Å². The van der Waals surface area contributed by atoms with E-state index in [1.807, 2.05) is 13.0 Å². The van der Waals surface area contributed by atoms with Gasteiger partial charge in [0.15, 0.2) is 0 Å². The van der Waals surface area contributed by atoms with Crippen molar-refractivity contribution in [1.29, 1.82) is 0 Å². The van der Waals surface area contributed by atoms with Gasteiger partial charge in [-0.25, -0.2) is 9.59 Å². The summed E-state index contributed by atoms with van der Waals surface area (Å²) in [5.74, 6) is -1.62. The molecule has 0 spiro atoms. The number of amides is 1. The van der Waals surface area contributed by atoms with E-state index in [0.29, 0.717) is 16.9 Å². The Bertz CT molecular complexity index is 875. The second-order valence-electron chi connectivity index (χ2n) is 5.55. The Hall–Kier alpha value is -3.61. The highest BCUT2D eigenvalue weighted by Crippen LogP contribution is 2.22. The topological polar surface area (TPSA) is 93.7 Å². The van der Waals surface area contributed by atoms with Crippen LogP contribution in [0.25, 0.3) is 0 Å². The first-order valence-corrected chi connectivity index (χ1v) is 8.06. The normalized spacial score (nSPS) is 10.7. The number of rotatable bonds is 6. The largest absolute Gasteiger partial charge is 0.466 e. The highest BCUT2D eigenvalue weighted by molar-refractivity contribution is 6.04. The van der Waals surface area contributed by atoms with Gasteiger partial charge in [0.2, 0.25) is 0 Å². The van der Waals surface area contributed by atoms with E-state index in [4.69, 9.17) is 0 Å². The molecule has 0 aliphatic carbocycles. The van der Waals surface area contributed by atoms with Crippen LogP contribution in [0.2, 0.25) is 0 Å². The number of benzene rings is 2. The first-order valence-electron chi connectivity index (χ1n) is 8.06. The number of ether oxygens (including phenoxy) is 2. The number of aryl methyl sites for hydroxylation is 1. The maximum absolute atomic E-state index is 12.3. The van der Waals surface area contributed by atoms with Crippen molar-refractivity contribution < 1.29 is 23.9 Å². The van der Waals surface area contributed by atoms with Crippen molar-refractivity contribution in [2.75, 3.05) is 24.9 Å². The summed E-state index contributed by atoms with van der Waals surface area (Å²) in [6.45, 7) is 1.81. The van der Waals surface area contributed by atoms with E-state index in [2.05, 4.69) is 20.1 Å². The van der Waals surface area contributed by atoms with Crippen molar-refractivity contribution >= 4 is 29.2 Å². The summed E-state index contributed by atoms with van der Waals surface area (Å²) in [4.78, 5) is 35.5. The van der Waals surface area contributed by atoms with Crippen LogP contribution in [0.15, 0.2) is 60.3 Å². The predicted molar refractivity (Wildman–Crippen MR) is 101 cm³/mol. The van der Waals surface area contributed by atoms with Crippen molar-refractivity contribution in [3.05, 3.63) is 71.4 Å². The van der Waals surface area contributed by atoms with Crippen LogP contribution in [-0.4, -0.2) is 32.1 Å². The van der Waals surface area contributed by atoms with Crippen LogP contribution >= 0.6 is 0 Å². The average Bonchev–Trinajstić information content (AvgIpc) is 2.69. The molecule has 0 fully saturated rings. The van der Waals surface area contributed by atoms with E-state index in [9.17, 15) is 14.4 Å². The lowest BCUT2D eigenvalue weighted by Gasteiger charge is -2.13. The van der Waals surface area contributed by atoms with E-state index in [1.54, 1.807) is 42.5 Å². The number of carbonyl (C=O) groups is 3. The Labute approximate surface area is 157 Å². The third-order valence-electron chi connectivity index (χ3n) is 3.66. The highest BCUT2D eigenvalue weighted by atomic mass is 16.5. The zero-order valence-electron chi connectivity index (χ0n) is 15.2. The van der Waals surface area contributed by atoms with E-state index in [1.165, 1.54) is 14.2 Å². The maximum atomic E-state index is 12.3. The molecule has 0 atom stereocenters. The monoisotopic (exact) mass is 368 g/mol. The van der Waals surface area contributed by atoms with Gasteiger partial charge in [0.1, 0.15) is 5.70 Å². The van der Waals surface area contributed by atoms with Gasteiger partial charge >= 0.3 is 11.9 Å². The summed E-state index contributed by atoms with van der Waals surface area (Å²) in [5.41, 5.74) is 2.43. The quantitative estimate of drug-likeness (QED) is 0.601. The highest BCUT2D eigenvalue weighted by Gasteiger charge is 2.14. The molecule has 1 amide bonds. The van der Waals surface area contributed by atoms with Crippen LogP contribution in [0.4, 0.5) is 11.4 Å². The fourth-order valence-electron chi connectivity index (χ4n) is 2.25. The predicted octanol–water partition coefficient (Wildman–Crippen LogP) is 2.89. The molecule has 7 nitrogen and oxygen atoms in total. The Morgan fingerprint density at radius 2 is 1.63 bits per heavy atom. The molecule has 0 bridgehead atoms. The molecule has 0 saturated heterocycles. The molecule has 2 aromatic carbocycles. The van der Waals surface area contributed by atoms with Crippen molar-refractivity contribution in [3.63, 3.8) is 0 Å². The minimum atomic E-state index is -0.709. The number of methoxy groups -OCH3 is 2. The minimum absolute atomic E-state index is 0.0650.